The van der Waals surface area contributed by atoms with E-state index in [0.29, 0.717) is 5.56 Å². The van der Waals surface area contributed by atoms with Crippen molar-refractivity contribution in [3.8, 4) is 0 Å². The van der Waals surface area contributed by atoms with Gasteiger partial charge >= 0.3 is 5.97 Å². The van der Waals surface area contributed by atoms with Crippen LogP contribution in [-0.2, 0) is 4.74 Å². The molecule has 0 saturated heterocycles. The van der Waals surface area contributed by atoms with E-state index in [0.717, 1.165) is 4.47 Å². The summed E-state index contributed by atoms with van der Waals surface area (Å²) in [4.78, 5) is 11.3. The van der Waals surface area contributed by atoms with Crippen LogP contribution >= 0.6 is 15.9 Å². The fourth-order valence-electron chi connectivity index (χ4n) is 0.811. The molecule has 3 heteroatoms. The maximum absolute atomic E-state index is 11.3. The largest absolute Gasteiger partial charge is 0.431 e. The summed E-state index contributed by atoms with van der Waals surface area (Å²) < 4.78 is 5.73. The van der Waals surface area contributed by atoms with Crippen LogP contribution in [0.25, 0.3) is 0 Å². The first kappa shape index (κ1) is 10.7. The molecule has 0 aliphatic rings. The van der Waals surface area contributed by atoms with Crippen molar-refractivity contribution in [2.45, 2.75) is 0 Å². The van der Waals surface area contributed by atoms with Gasteiger partial charge in [0.2, 0.25) is 0 Å². The number of halogens is 1. The SMILES string of the molecule is C=CC=COC(=O)c1ccc(Br)cc1. The molecular formula is C11H9BrO2. The van der Waals surface area contributed by atoms with Gasteiger partial charge in [-0.3, -0.25) is 0 Å². The Bertz CT molecular complexity index is 352. The van der Waals surface area contributed by atoms with Gasteiger partial charge in [-0.25, -0.2) is 4.79 Å². The molecule has 14 heavy (non-hydrogen) atoms. The standard InChI is InChI=1S/C11H9BrO2/c1-2-3-8-14-11(13)9-4-6-10(12)7-5-9/h2-8H,1H2. The van der Waals surface area contributed by atoms with Gasteiger partial charge in [0.05, 0.1) is 11.8 Å². The van der Waals surface area contributed by atoms with Gasteiger partial charge in [0.25, 0.3) is 0 Å². The zero-order chi connectivity index (χ0) is 10.4. The van der Waals surface area contributed by atoms with E-state index in [1.54, 1.807) is 30.3 Å². The Morgan fingerprint density at radius 1 is 1.36 bits per heavy atom. The number of allylic oxidation sites excluding steroid dienone is 2. The summed E-state index contributed by atoms with van der Waals surface area (Å²) in [5.74, 6) is -0.379. The van der Waals surface area contributed by atoms with Crippen molar-refractivity contribution in [1.29, 1.82) is 0 Å². The smallest absolute Gasteiger partial charge is 0.342 e. The first-order valence-electron chi connectivity index (χ1n) is 3.98. The number of carbonyl (C=O) groups excluding carboxylic acids is 1. The van der Waals surface area contributed by atoms with Crippen molar-refractivity contribution < 1.29 is 9.53 Å². The van der Waals surface area contributed by atoms with Crippen LogP contribution < -0.4 is 0 Å². The van der Waals surface area contributed by atoms with Crippen LogP contribution in [0.1, 0.15) is 10.4 Å². The summed E-state index contributed by atoms with van der Waals surface area (Å²) >= 11 is 3.28. The highest BCUT2D eigenvalue weighted by molar-refractivity contribution is 9.10. The molecule has 0 heterocycles. The van der Waals surface area contributed by atoms with E-state index >= 15 is 0 Å². The quantitative estimate of drug-likeness (QED) is 0.469. The zero-order valence-corrected chi connectivity index (χ0v) is 9.03. The summed E-state index contributed by atoms with van der Waals surface area (Å²) in [6, 6.07) is 6.95. The van der Waals surface area contributed by atoms with Crippen LogP contribution in [0.3, 0.4) is 0 Å². The average Bonchev–Trinajstić information content (AvgIpc) is 2.19. The van der Waals surface area contributed by atoms with Gasteiger partial charge in [-0.1, -0.05) is 28.6 Å². The Morgan fingerprint density at radius 3 is 2.57 bits per heavy atom. The van der Waals surface area contributed by atoms with Gasteiger partial charge in [0.15, 0.2) is 0 Å². The van der Waals surface area contributed by atoms with Crippen LogP contribution in [0.2, 0.25) is 0 Å². The highest BCUT2D eigenvalue weighted by atomic mass is 79.9. The number of rotatable bonds is 3. The van der Waals surface area contributed by atoms with Crippen LogP contribution in [0, 0.1) is 0 Å². The number of hydrogen-bond acceptors (Lipinski definition) is 2. The first-order chi connectivity index (χ1) is 6.74. The Morgan fingerprint density at radius 2 is 2.00 bits per heavy atom. The molecule has 0 bridgehead atoms. The molecule has 1 aromatic rings. The monoisotopic (exact) mass is 252 g/mol. The Labute approximate surface area is 91.0 Å². The predicted molar refractivity (Wildman–Crippen MR) is 58.9 cm³/mol. The minimum Gasteiger partial charge on any atom is -0.431 e. The van der Waals surface area contributed by atoms with Crippen LogP contribution in [0.15, 0.2) is 53.7 Å². The fraction of sp³-hybridized carbons (Fsp3) is 0. The lowest BCUT2D eigenvalue weighted by atomic mass is 10.2. The molecule has 0 aliphatic heterocycles. The summed E-state index contributed by atoms with van der Waals surface area (Å²) in [6.45, 7) is 3.46. The van der Waals surface area contributed by atoms with E-state index in [1.165, 1.54) is 12.3 Å². The first-order valence-corrected chi connectivity index (χ1v) is 4.77. The number of benzene rings is 1. The van der Waals surface area contributed by atoms with Crippen molar-refractivity contribution >= 4 is 21.9 Å². The summed E-state index contributed by atoms with van der Waals surface area (Å²) in [5.41, 5.74) is 0.516. The molecular weight excluding hydrogens is 244 g/mol. The van der Waals surface area contributed by atoms with E-state index in [2.05, 4.69) is 22.5 Å². The molecule has 0 spiro atoms. The zero-order valence-electron chi connectivity index (χ0n) is 7.44. The Kier molecular flexibility index (Phi) is 4.13. The normalized spacial score (nSPS) is 10.1. The van der Waals surface area contributed by atoms with E-state index in [1.807, 2.05) is 0 Å². The van der Waals surface area contributed by atoms with E-state index in [-0.39, 0.29) is 5.97 Å². The van der Waals surface area contributed by atoms with Crippen molar-refractivity contribution in [3.63, 3.8) is 0 Å². The maximum Gasteiger partial charge on any atom is 0.342 e. The molecule has 0 fully saturated rings. The average molecular weight is 253 g/mol. The molecule has 0 aromatic heterocycles. The molecule has 0 saturated carbocycles. The van der Waals surface area contributed by atoms with E-state index < -0.39 is 0 Å². The highest BCUT2D eigenvalue weighted by Gasteiger charge is 2.03. The highest BCUT2D eigenvalue weighted by Crippen LogP contribution is 2.11. The van der Waals surface area contributed by atoms with Gasteiger partial charge in [0, 0.05) is 4.47 Å². The second-order valence-corrected chi connectivity index (χ2v) is 3.39. The van der Waals surface area contributed by atoms with Gasteiger partial charge in [-0.05, 0) is 30.3 Å². The fourth-order valence-corrected chi connectivity index (χ4v) is 1.07. The third kappa shape index (κ3) is 3.18. The lowest BCUT2D eigenvalue weighted by molar-refractivity contribution is 0.0663. The molecule has 0 unspecified atom stereocenters. The number of esters is 1. The lowest BCUT2D eigenvalue weighted by Crippen LogP contribution is -1.99. The predicted octanol–water partition coefficient (Wildman–Crippen LogP) is 3.31. The Hall–Kier alpha value is -1.35. The molecule has 1 rings (SSSR count). The molecule has 2 nitrogen and oxygen atoms in total. The molecule has 0 atom stereocenters. The van der Waals surface area contributed by atoms with Gasteiger partial charge in [0.1, 0.15) is 0 Å². The summed E-state index contributed by atoms with van der Waals surface area (Å²) in [7, 11) is 0. The van der Waals surface area contributed by atoms with E-state index in [4.69, 9.17) is 4.74 Å². The van der Waals surface area contributed by atoms with Crippen molar-refractivity contribution in [2.75, 3.05) is 0 Å². The molecule has 0 aliphatic carbocycles. The molecule has 72 valence electrons. The van der Waals surface area contributed by atoms with Crippen LogP contribution in [-0.4, -0.2) is 5.97 Å². The summed E-state index contributed by atoms with van der Waals surface area (Å²) in [5, 5.41) is 0. The van der Waals surface area contributed by atoms with Crippen LogP contribution in [0.5, 0.6) is 0 Å². The molecule has 1 aromatic carbocycles. The van der Waals surface area contributed by atoms with Gasteiger partial charge in [-0.2, -0.15) is 0 Å². The number of ether oxygens (including phenoxy) is 1. The number of hydrogen-bond donors (Lipinski definition) is 0. The summed E-state index contributed by atoms with van der Waals surface area (Å²) in [6.07, 6.45) is 4.39. The Balaban J connectivity index is 2.65. The molecule has 0 N–H and O–H groups in total. The second-order valence-electron chi connectivity index (χ2n) is 2.48. The van der Waals surface area contributed by atoms with Gasteiger partial charge in [-0.15, -0.1) is 0 Å². The van der Waals surface area contributed by atoms with Crippen molar-refractivity contribution in [2.24, 2.45) is 0 Å². The van der Waals surface area contributed by atoms with E-state index in [9.17, 15) is 4.79 Å². The molecule has 0 radical (unpaired) electrons. The minimum absolute atomic E-state index is 0.379. The third-order valence-corrected chi connectivity index (χ3v) is 2.00. The number of carbonyl (C=O) groups is 1. The maximum atomic E-state index is 11.3. The third-order valence-electron chi connectivity index (χ3n) is 1.47. The lowest BCUT2D eigenvalue weighted by Gasteiger charge is -1.98. The van der Waals surface area contributed by atoms with Crippen LogP contribution in [0.4, 0.5) is 0 Å². The second kappa shape index (κ2) is 5.40. The topological polar surface area (TPSA) is 26.3 Å². The molecule has 0 amide bonds. The minimum atomic E-state index is -0.379. The van der Waals surface area contributed by atoms with Gasteiger partial charge < -0.3 is 4.74 Å². The van der Waals surface area contributed by atoms with Crippen molar-refractivity contribution in [1.82, 2.24) is 0 Å². The van der Waals surface area contributed by atoms with Crippen molar-refractivity contribution in [3.05, 3.63) is 59.3 Å².